The molecule has 1 atom stereocenters. The average molecular weight is 188 g/mol. The van der Waals surface area contributed by atoms with Crippen LogP contribution in [0.25, 0.3) is 11.0 Å². The fourth-order valence-electron chi connectivity index (χ4n) is 1.90. The van der Waals surface area contributed by atoms with Crippen LogP contribution >= 0.6 is 0 Å². The molecule has 0 saturated heterocycles. The van der Waals surface area contributed by atoms with Gasteiger partial charge in [0.05, 0.1) is 11.0 Å². The van der Waals surface area contributed by atoms with Crippen LogP contribution in [0.5, 0.6) is 0 Å². The monoisotopic (exact) mass is 188 g/mol. The van der Waals surface area contributed by atoms with Crippen molar-refractivity contribution in [3.63, 3.8) is 0 Å². The van der Waals surface area contributed by atoms with E-state index in [2.05, 4.69) is 48.5 Å². The maximum absolute atomic E-state index is 4.55. The van der Waals surface area contributed by atoms with Gasteiger partial charge in [-0.1, -0.05) is 19.1 Å². The summed E-state index contributed by atoms with van der Waals surface area (Å²) in [6.07, 6.45) is 1.14. The number of rotatable bonds is 2. The number of nitrogens with zero attached hydrogens (tertiary/aromatic N) is 2. The second kappa shape index (κ2) is 3.45. The number of aryl methyl sites for hydroxylation is 1. The highest BCUT2D eigenvalue weighted by atomic mass is 15.1. The molecule has 2 nitrogen and oxygen atoms in total. The third kappa shape index (κ3) is 1.31. The van der Waals surface area contributed by atoms with Gasteiger partial charge in [0.2, 0.25) is 0 Å². The first-order chi connectivity index (χ1) is 6.74. The van der Waals surface area contributed by atoms with Gasteiger partial charge in [-0.05, 0) is 32.4 Å². The molecule has 1 heterocycles. The van der Waals surface area contributed by atoms with E-state index in [-0.39, 0.29) is 0 Å². The van der Waals surface area contributed by atoms with Gasteiger partial charge in [-0.15, -0.1) is 0 Å². The van der Waals surface area contributed by atoms with E-state index >= 15 is 0 Å². The molecule has 0 bridgehead atoms. The minimum Gasteiger partial charge on any atom is -0.325 e. The maximum Gasteiger partial charge on any atom is 0.106 e. The van der Waals surface area contributed by atoms with Crippen LogP contribution < -0.4 is 0 Å². The summed E-state index contributed by atoms with van der Waals surface area (Å²) in [4.78, 5) is 4.55. The Balaban J connectivity index is 2.67. The number of benzene rings is 1. The van der Waals surface area contributed by atoms with Gasteiger partial charge >= 0.3 is 0 Å². The third-order valence-electron chi connectivity index (χ3n) is 2.80. The molecule has 0 amide bonds. The predicted molar refractivity (Wildman–Crippen MR) is 59.5 cm³/mol. The van der Waals surface area contributed by atoms with Crippen LogP contribution in [0.1, 0.15) is 32.1 Å². The standard InChI is InChI=1S/C12H16N2/c1-4-9(2)14-10(3)13-11-7-5-6-8-12(11)14/h5-9H,4H2,1-3H3/t9-/m1/s1. The van der Waals surface area contributed by atoms with Crippen molar-refractivity contribution < 1.29 is 0 Å². The van der Waals surface area contributed by atoms with Gasteiger partial charge in [0.25, 0.3) is 0 Å². The SMILES string of the molecule is CC[C@@H](C)n1c(C)nc2ccccc21. The summed E-state index contributed by atoms with van der Waals surface area (Å²) in [5.74, 6) is 1.11. The van der Waals surface area contributed by atoms with Crippen LogP contribution in [0, 0.1) is 6.92 Å². The topological polar surface area (TPSA) is 17.8 Å². The lowest BCUT2D eigenvalue weighted by atomic mass is 10.2. The third-order valence-corrected chi connectivity index (χ3v) is 2.80. The van der Waals surface area contributed by atoms with Crippen LogP contribution in [-0.2, 0) is 0 Å². The lowest BCUT2D eigenvalue weighted by Crippen LogP contribution is -2.05. The maximum atomic E-state index is 4.55. The van der Waals surface area contributed by atoms with Crippen molar-refractivity contribution in [3.8, 4) is 0 Å². The van der Waals surface area contributed by atoms with Gasteiger partial charge in [0.15, 0.2) is 0 Å². The summed E-state index contributed by atoms with van der Waals surface area (Å²) in [5.41, 5.74) is 2.35. The zero-order valence-corrected chi connectivity index (χ0v) is 8.99. The van der Waals surface area contributed by atoms with Crippen LogP contribution in [-0.4, -0.2) is 9.55 Å². The fourth-order valence-corrected chi connectivity index (χ4v) is 1.90. The predicted octanol–water partition coefficient (Wildman–Crippen LogP) is 3.32. The van der Waals surface area contributed by atoms with E-state index in [1.807, 2.05) is 6.07 Å². The van der Waals surface area contributed by atoms with Crippen molar-refractivity contribution in [2.45, 2.75) is 33.2 Å². The van der Waals surface area contributed by atoms with E-state index in [4.69, 9.17) is 0 Å². The molecule has 2 heteroatoms. The molecule has 0 saturated carbocycles. The Morgan fingerprint density at radius 2 is 2.07 bits per heavy atom. The molecule has 0 radical (unpaired) electrons. The van der Waals surface area contributed by atoms with E-state index < -0.39 is 0 Å². The van der Waals surface area contributed by atoms with E-state index in [1.165, 1.54) is 5.52 Å². The Labute approximate surface area is 84.6 Å². The molecule has 2 rings (SSSR count). The number of hydrogen-bond acceptors (Lipinski definition) is 1. The molecule has 0 unspecified atom stereocenters. The number of fused-ring (bicyclic) bond motifs is 1. The van der Waals surface area contributed by atoms with Gasteiger partial charge in [-0.3, -0.25) is 0 Å². The van der Waals surface area contributed by atoms with E-state index in [0.717, 1.165) is 17.8 Å². The van der Waals surface area contributed by atoms with Gasteiger partial charge in [-0.2, -0.15) is 0 Å². The molecule has 0 spiro atoms. The summed E-state index contributed by atoms with van der Waals surface area (Å²) in [6, 6.07) is 8.85. The Hall–Kier alpha value is -1.31. The molecular weight excluding hydrogens is 172 g/mol. The zero-order chi connectivity index (χ0) is 10.1. The van der Waals surface area contributed by atoms with Crippen LogP contribution in [0.2, 0.25) is 0 Å². The van der Waals surface area contributed by atoms with Gasteiger partial charge in [0.1, 0.15) is 5.82 Å². The van der Waals surface area contributed by atoms with Crippen LogP contribution in [0.15, 0.2) is 24.3 Å². The van der Waals surface area contributed by atoms with E-state index in [1.54, 1.807) is 0 Å². The summed E-state index contributed by atoms with van der Waals surface area (Å²) in [5, 5.41) is 0. The molecule has 14 heavy (non-hydrogen) atoms. The quantitative estimate of drug-likeness (QED) is 0.707. The summed E-state index contributed by atoms with van der Waals surface area (Å²) >= 11 is 0. The molecule has 1 aromatic carbocycles. The van der Waals surface area contributed by atoms with Crippen molar-refractivity contribution in [2.75, 3.05) is 0 Å². The van der Waals surface area contributed by atoms with Gasteiger partial charge in [0, 0.05) is 6.04 Å². The summed E-state index contributed by atoms with van der Waals surface area (Å²) < 4.78 is 2.31. The van der Waals surface area contributed by atoms with Gasteiger partial charge in [-0.25, -0.2) is 4.98 Å². The lowest BCUT2D eigenvalue weighted by Gasteiger charge is -2.13. The van der Waals surface area contributed by atoms with Crippen molar-refractivity contribution in [1.82, 2.24) is 9.55 Å². The molecule has 0 aliphatic rings. The van der Waals surface area contributed by atoms with Crippen LogP contribution in [0.3, 0.4) is 0 Å². The Morgan fingerprint density at radius 1 is 1.36 bits per heavy atom. The van der Waals surface area contributed by atoms with Crippen LogP contribution in [0.4, 0.5) is 0 Å². The van der Waals surface area contributed by atoms with E-state index in [9.17, 15) is 0 Å². The smallest absolute Gasteiger partial charge is 0.106 e. The lowest BCUT2D eigenvalue weighted by molar-refractivity contribution is 0.532. The normalized spacial score (nSPS) is 13.4. The first-order valence-electron chi connectivity index (χ1n) is 5.17. The van der Waals surface area contributed by atoms with Crippen molar-refractivity contribution in [2.24, 2.45) is 0 Å². The molecule has 0 fully saturated rings. The summed E-state index contributed by atoms with van der Waals surface area (Å²) in [7, 11) is 0. The second-order valence-electron chi connectivity index (χ2n) is 3.78. The highest BCUT2D eigenvalue weighted by molar-refractivity contribution is 5.75. The number of para-hydroxylation sites is 2. The fraction of sp³-hybridized carbons (Fsp3) is 0.417. The molecule has 74 valence electrons. The van der Waals surface area contributed by atoms with Gasteiger partial charge < -0.3 is 4.57 Å². The average Bonchev–Trinajstić information content (AvgIpc) is 2.53. The minimum atomic E-state index is 0.530. The first kappa shape index (κ1) is 9.25. The highest BCUT2D eigenvalue weighted by Gasteiger charge is 2.10. The number of aromatic nitrogens is 2. The molecule has 0 aliphatic carbocycles. The Bertz CT molecular complexity index is 443. The second-order valence-corrected chi connectivity index (χ2v) is 3.78. The largest absolute Gasteiger partial charge is 0.325 e. The first-order valence-corrected chi connectivity index (χ1v) is 5.17. The summed E-state index contributed by atoms with van der Waals surface area (Å²) in [6.45, 7) is 6.52. The Morgan fingerprint density at radius 3 is 2.79 bits per heavy atom. The molecule has 1 aromatic heterocycles. The Kier molecular flexibility index (Phi) is 2.28. The minimum absolute atomic E-state index is 0.530. The van der Waals surface area contributed by atoms with Crippen molar-refractivity contribution in [3.05, 3.63) is 30.1 Å². The zero-order valence-electron chi connectivity index (χ0n) is 8.99. The van der Waals surface area contributed by atoms with Crippen molar-refractivity contribution in [1.29, 1.82) is 0 Å². The molecule has 0 aliphatic heterocycles. The number of imidazole rings is 1. The molecule has 2 aromatic rings. The van der Waals surface area contributed by atoms with E-state index in [0.29, 0.717) is 6.04 Å². The van der Waals surface area contributed by atoms with Crippen molar-refractivity contribution >= 4 is 11.0 Å². The molecular formula is C12H16N2. The highest BCUT2D eigenvalue weighted by Crippen LogP contribution is 2.21. The molecule has 0 N–H and O–H groups in total. The number of hydrogen-bond donors (Lipinski definition) is 0.